The van der Waals surface area contributed by atoms with Crippen molar-refractivity contribution < 1.29 is 9.00 Å². The molecule has 5 heteroatoms. The van der Waals surface area contributed by atoms with Crippen LogP contribution in [0, 0.1) is 0 Å². The second kappa shape index (κ2) is 6.34. The van der Waals surface area contributed by atoms with Gasteiger partial charge in [-0.25, -0.2) is 0 Å². The lowest BCUT2D eigenvalue weighted by atomic mass is 10.1. The van der Waals surface area contributed by atoms with Crippen LogP contribution in [0.15, 0.2) is 46.9 Å². The molecule has 0 fully saturated rings. The van der Waals surface area contributed by atoms with Crippen molar-refractivity contribution in [2.45, 2.75) is 12.2 Å². The highest BCUT2D eigenvalue weighted by atomic mass is 79.9. The molecule has 0 saturated carbocycles. The van der Waals surface area contributed by atoms with E-state index in [1.165, 1.54) is 5.56 Å². The van der Waals surface area contributed by atoms with Gasteiger partial charge in [-0.05, 0) is 47.9 Å². The van der Waals surface area contributed by atoms with E-state index in [2.05, 4.69) is 22.0 Å². The van der Waals surface area contributed by atoms with E-state index in [1.54, 1.807) is 6.26 Å². The van der Waals surface area contributed by atoms with Crippen LogP contribution in [0.3, 0.4) is 0 Å². The van der Waals surface area contributed by atoms with E-state index >= 15 is 0 Å². The number of carbonyl (C=O) groups is 1. The first kappa shape index (κ1) is 15.4. The molecule has 114 valence electrons. The van der Waals surface area contributed by atoms with Gasteiger partial charge in [-0.15, -0.1) is 0 Å². The molecule has 0 bridgehead atoms. The summed E-state index contributed by atoms with van der Waals surface area (Å²) in [5, 5.41) is 0. The van der Waals surface area contributed by atoms with E-state index < -0.39 is 10.8 Å². The summed E-state index contributed by atoms with van der Waals surface area (Å²) in [7, 11) is -0.909. The van der Waals surface area contributed by atoms with Gasteiger partial charge in [0.25, 0.3) is 5.91 Å². The van der Waals surface area contributed by atoms with Crippen LogP contribution in [-0.4, -0.2) is 22.9 Å². The number of hydrogen-bond donors (Lipinski definition) is 0. The summed E-state index contributed by atoms with van der Waals surface area (Å²) in [6.45, 7) is 0.703. The van der Waals surface area contributed by atoms with Crippen LogP contribution in [0.2, 0.25) is 0 Å². The van der Waals surface area contributed by atoms with Gasteiger partial charge in [0, 0.05) is 45.1 Å². The standard InChI is InChI=1S/C17H16BrNO2S/c1-22(21)11-12-3-2-4-14(9-12)17(20)19-8-7-13-10-15(18)5-6-16(13)19/h2-6,9-10H,7-8,11H2,1H3/t22-/m1/s1. The molecule has 0 aliphatic carbocycles. The Bertz CT molecular complexity index is 760. The third-order valence-corrected chi connectivity index (χ3v) is 4.96. The van der Waals surface area contributed by atoms with Crippen LogP contribution in [0.5, 0.6) is 0 Å². The molecule has 0 aromatic heterocycles. The van der Waals surface area contributed by atoms with Gasteiger partial charge >= 0.3 is 0 Å². The number of amides is 1. The summed E-state index contributed by atoms with van der Waals surface area (Å²) in [5.41, 5.74) is 3.76. The highest BCUT2D eigenvalue weighted by Gasteiger charge is 2.25. The van der Waals surface area contributed by atoms with E-state index in [0.717, 1.165) is 22.1 Å². The molecule has 3 rings (SSSR count). The Morgan fingerprint density at radius 3 is 2.86 bits per heavy atom. The molecular formula is C17H16BrNO2S. The minimum Gasteiger partial charge on any atom is -0.308 e. The lowest BCUT2D eigenvalue weighted by Crippen LogP contribution is -2.28. The van der Waals surface area contributed by atoms with Crippen molar-refractivity contribution in [2.24, 2.45) is 0 Å². The molecule has 1 amide bonds. The van der Waals surface area contributed by atoms with Gasteiger partial charge in [0.15, 0.2) is 0 Å². The summed E-state index contributed by atoms with van der Waals surface area (Å²) in [6.07, 6.45) is 2.54. The van der Waals surface area contributed by atoms with Crippen molar-refractivity contribution in [3.05, 3.63) is 63.6 Å². The number of benzene rings is 2. The zero-order valence-electron chi connectivity index (χ0n) is 12.2. The van der Waals surface area contributed by atoms with E-state index in [1.807, 2.05) is 41.3 Å². The number of rotatable bonds is 3. The molecule has 3 nitrogen and oxygen atoms in total. The number of hydrogen-bond acceptors (Lipinski definition) is 2. The molecule has 0 saturated heterocycles. The smallest absolute Gasteiger partial charge is 0.258 e. The fourth-order valence-electron chi connectivity index (χ4n) is 2.77. The molecule has 22 heavy (non-hydrogen) atoms. The summed E-state index contributed by atoms with van der Waals surface area (Å²) >= 11 is 3.47. The Morgan fingerprint density at radius 1 is 1.27 bits per heavy atom. The SMILES string of the molecule is C[S@@](=O)Cc1cccc(C(=O)N2CCc3cc(Br)ccc32)c1. The van der Waals surface area contributed by atoms with Crippen molar-refractivity contribution in [3.63, 3.8) is 0 Å². The van der Waals surface area contributed by atoms with Gasteiger partial charge in [-0.1, -0.05) is 28.1 Å². The number of halogens is 1. The van der Waals surface area contributed by atoms with Crippen LogP contribution in [-0.2, 0) is 23.0 Å². The fraction of sp³-hybridized carbons (Fsp3) is 0.235. The molecule has 0 N–H and O–H groups in total. The summed E-state index contributed by atoms with van der Waals surface area (Å²) in [6, 6.07) is 13.4. The number of fused-ring (bicyclic) bond motifs is 1. The Kier molecular flexibility index (Phi) is 4.45. The topological polar surface area (TPSA) is 37.4 Å². The average Bonchev–Trinajstić information content (AvgIpc) is 2.89. The Hall–Kier alpha value is -1.46. The van der Waals surface area contributed by atoms with Gasteiger partial charge in [0.05, 0.1) is 0 Å². The Balaban J connectivity index is 1.88. The predicted octanol–water partition coefficient (Wildman–Crippen LogP) is 3.53. The minimum absolute atomic E-state index is 0.00445. The van der Waals surface area contributed by atoms with Crippen molar-refractivity contribution >= 4 is 38.3 Å². The molecule has 2 aromatic rings. The average molecular weight is 378 g/mol. The van der Waals surface area contributed by atoms with Crippen molar-refractivity contribution in [2.75, 3.05) is 17.7 Å². The van der Waals surface area contributed by atoms with Gasteiger partial charge < -0.3 is 4.90 Å². The molecule has 1 atom stereocenters. The zero-order valence-corrected chi connectivity index (χ0v) is 14.6. The number of anilines is 1. The van der Waals surface area contributed by atoms with Crippen molar-refractivity contribution in [1.29, 1.82) is 0 Å². The summed E-state index contributed by atoms with van der Waals surface area (Å²) in [5.74, 6) is 0.481. The highest BCUT2D eigenvalue weighted by molar-refractivity contribution is 9.10. The largest absolute Gasteiger partial charge is 0.308 e. The molecule has 1 heterocycles. The second-order valence-corrected chi connectivity index (χ2v) is 7.75. The molecule has 0 radical (unpaired) electrons. The quantitative estimate of drug-likeness (QED) is 0.820. The Labute approximate surface area is 140 Å². The van der Waals surface area contributed by atoms with Crippen molar-refractivity contribution in [1.82, 2.24) is 0 Å². The zero-order chi connectivity index (χ0) is 15.7. The van der Waals surface area contributed by atoms with Gasteiger partial charge in [-0.3, -0.25) is 9.00 Å². The van der Waals surface area contributed by atoms with Crippen LogP contribution in [0.1, 0.15) is 21.5 Å². The van der Waals surface area contributed by atoms with E-state index in [-0.39, 0.29) is 5.91 Å². The summed E-state index contributed by atoms with van der Waals surface area (Å²) < 4.78 is 12.4. The number of carbonyl (C=O) groups excluding carboxylic acids is 1. The first-order chi connectivity index (χ1) is 10.5. The van der Waals surface area contributed by atoms with Gasteiger partial charge in [-0.2, -0.15) is 0 Å². The molecule has 1 aliphatic heterocycles. The molecule has 0 unspecified atom stereocenters. The monoisotopic (exact) mass is 377 g/mol. The number of nitrogens with zero attached hydrogens (tertiary/aromatic N) is 1. The van der Waals surface area contributed by atoms with Crippen LogP contribution in [0.25, 0.3) is 0 Å². The second-order valence-electron chi connectivity index (χ2n) is 5.40. The maximum absolute atomic E-state index is 12.8. The fourth-order valence-corrected chi connectivity index (χ4v) is 3.82. The third kappa shape index (κ3) is 3.15. The third-order valence-electron chi connectivity index (χ3n) is 3.73. The minimum atomic E-state index is -0.909. The molecule has 0 spiro atoms. The molecule has 2 aromatic carbocycles. The first-order valence-electron chi connectivity index (χ1n) is 7.04. The maximum Gasteiger partial charge on any atom is 0.258 e. The highest BCUT2D eigenvalue weighted by Crippen LogP contribution is 2.31. The summed E-state index contributed by atoms with van der Waals surface area (Å²) in [4.78, 5) is 14.6. The maximum atomic E-state index is 12.8. The van der Waals surface area contributed by atoms with E-state index in [9.17, 15) is 9.00 Å². The van der Waals surface area contributed by atoms with E-state index in [0.29, 0.717) is 17.9 Å². The van der Waals surface area contributed by atoms with Gasteiger partial charge in [0.2, 0.25) is 0 Å². The Morgan fingerprint density at radius 2 is 2.09 bits per heavy atom. The lowest BCUT2D eigenvalue weighted by molar-refractivity contribution is 0.0989. The van der Waals surface area contributed by atoms with Crippen LogP contribution in [0.4, 0.5) is 5.69 Å². The van der Waals surface area contributed by atoms with Crippen LogP contribution < -0.4 is 4.90 Å². The molecular weight excluding hydrogens is 362 g/mol. The molecule has 1 aliphatic rings. The van der Waals surface area contributed by atoms with Crippen molar-refractivity contribution in [3.8, 4) is 0 Å². The first-order valence-corrected chi connectivity index (χ1v) is 9.56. The lowest BCUT2D eigenvalue weighted by Gasteiger charge is -2.18. The van der Waals surface area contributed by atoms with E-state index in [4.69, 9.17) is 0 Å². The van der Waals surface area contributed by atoms with Crippen LogP contribution >= 0.6 is 15.9 Å². The normalized spacial score (nSPS) is 14.7. The van der Waals surface area contributed by atoms with Gasteiger partial charge in [0.1, 0.15) is 0 Å². The predicted molar refractivity (Wildman–Crippen MR) is 93.7 cm³/mol.